The van der Waals surface area contributed by atoms with Crippen molar-refractivity contribution in [1.82, 2.24) is 20.0 Å². The van der Waals surface area contributed by atoms with E-state index in [4.69, 9.17) is 4.99 Å². The second kappa shape index (κ2) is 8.63. The van der Waals surface area contributed by atoms with Crippen LogP contribution < -0.4 is 10.2 Å². The van der Waals surface area contributed by atoms with Crippen LogP contribution in [0.25, 0.3) is 0 Å². The second-order valence-corrected chi connectivity index (χ2v) is 7.90. The van der Waals surface area contributed by atoms with Crippen molar-refractivity contribution in [1.29, 1.82) is 0 Å². The van der Waals surface area contributed by atoms with Gasteiger partial charge in [0.1, 0.15) is 12.4 Å². The van der Waals surface area contributed by atoms with Crippen LogP contribution in [0.1, 0.15) is 26.3 Å². The molecule has 1 saturated heterocycles. The predicted octanol–water partition coefficient (Wildman–Crippen LogP) is 2.15. The molecule has 0 bridgehead atoms. The predicted molar refractivity (Wildman–Crippen MR) is 113 cm³/mol. The van der Waals surface area contributed by atoms with Gasteiger partial charge in [-0.25, -0.2) is 4.39 Å². The third-order valence-corrected chi connectivity index (χ3v) is 5.11. The summed E-state index contributed by atoms with van der Waals surface area (Å²) >= 11 is 0. The lowest BCUT2D eigenvalue weighted by Gasteiger charge is -2.36. The summed E-state index contributed by atoms with van der Waals surface area (Å²) in [4.78, 5) is 21.2. The Balaban J connectivity index is 1.70. The molecule has 0 spiro atoms. The minimum absolute atomic E-state index is 0.0210. The molecule has 7 nitrogen and oxygen atoms in total. The van der Waals surface area contributed by atoms with Crippen molar-refractivity contribution < 1.29 is 9.18 Å². The van der Waals surface area contributed by atoms with Crippen LogP contribution >= 0.6 is 0 Å². The van der Waals surface area contributed by atoms with E-state index in [0.717, 1.165) is 17.2 Å². The van der Waals surface area contributed by atoms with Gasteiger partial charge in [-0.15, -0.1) is 0 Å². The number of hydrogen-bond donors (Lipinski definition) is 1. The molecule has 1 aromatic carbocycles. The second-order valence-electron chi connectivity index (χ2n) is 7.90. The Bertz CT molecular complexity index is 874. The Morgan fingerprint density at radius 2 is 2.00 bits per heavy atom. The Morgan fingerprint density at radius 1 is 1.28 bits per heavy atom. The van der Waals surface area contributed by atoms with Crippen molar-refractivity contribution in [3.63, 3.8) is 0 Å². The van der Waals surface area contributed by atoms with Crippen LogP contribution in [0, 0.1) is 5.82 Å². The molecule has 1 amide bonds. The highest BCUT2D eigenvalue weighted by Gasteiger charge is 2.28. The summed E-state index contributed by atoms with van der Waals surface area (Å²) in [5.41, 5.74) is 1.59. The van der Waals surface area contributed by atoms with Gasteiger partial charge in [0.05, 0.1) is 18.4 Å². The minimum Gasteiger partial charge on any atom is -0.357 e. The number of carbonyl (C=O) groups is 1. The molecule has 0 radical (unpaired) electrons. The molecule has 156 valence electrons. The van der Waals surface area contributed by atoms with E-state index in [9.17, 15) is 9.18 Å². The van der Waals surface area contributed by atoms with Crippen LogP contribution in [0.5, 0.6) is 0 Å². The minimum atomic E-state index is -0.254. The molecule has 1 fully saturated rings. The number of anilines is 1. The van der Waals surface area contributed by atoms with Gasteiger partial charge < -0.3 is 15.1 Å². The fourth-order valence-corrected chi connectivity index (χ4v) is 3.37. The molecule has 3 rings (SSSR count). The van der Waals surface area contributed by atoms with E-state index < -0.39 is 0 Å². The van der Waals surface area contributed by atoms with Gasteiger partial charge in [-0.05, 0) is 24.6 Å². The Kier molecular flexibility index (Phi) is 6.20. The first-order valence-corrected chi connectivity index (χ1v) is 9.88. The summed E-state index contributed by atoms with van der Waals surface area (Å²) in [6.45, 7) is 8.94. The summed E-state index contributed by atoms with van der Waals surface area (Å²) < 4.78 is 14.9. The van der Waals surface area contributed by atoms with E-state index in [0.29, 0.717) is 26.2 Å². The third kappa shape index (κ3) is 4.93. The van der Waals surface area contributed by atoms with Crippen molar-refractivity contribution >= 4 is 17.6 Å². The zero-order valence-electron chi connectivity index (χ0n) is 17.5. The number of piperazine rings is 1. The smallest absolute Gasteiger partial charge is 0.246 e. The van der Waals surface area contributed by atoms with E-state index in [1.54, 1.807) is 27.9 Å². The Labute approximate surface area is 171 Å². The summed E-state index contributed by atoms with van der Waals surface area (Å²) in [6, 6.07) is 6.55. The number of aromatic nitrogens is 2. The molecule has 2 heterocycles. The van der Waals surface area contributed by atoms with E-state index in [-0.39, 0.29) is 23.7 Å². The van der Waals surface area contributed by atoms with Crippen molar-refractivity contribution in [3.8, 4) is 0 Å². The number of guanidine groups is 1. The molecule has 1 aliphatic rings. The van der Waals surface area contributed by atoms with Gasteiger partial charge in [0.15, 0.2) is 5.96 Å². The summed E-state index contributed by atoms with van der Waals surface area (Å²) in [7, 11) is 1.84. The summed E-state index contributed by atoms with van der Waals surface area (Å²) in [5.74, 6) is 0.501. The highest BCUT2D eigenvalue weighted by atomic mass is 19.1. The number of rotatable bonds is 5. The van der Waals surface area contributed by atoms with Crippen LogP contribution in [0.4, 0.5) is 10.1 Å². The number of aryl methyl sites for hydroxylation is 1. The monoisotopic (exact) mass is 400 g/mol. The third-order valence-electron chi connectivity index (χ3n) is 5.11. The van der Waals surface area contributed by atoms with Crippen LogP contribution in [0.3, 0.4) is 0 Å². The number of aliphatic imine (C=N–C) groups is 1. The number of benzene rings is 1. The van der Waals surface area contributed by atoms with Gasteiger partial charge in [0.25, 0.3) is 0 Å². The molecule has 0 unspecified atom stereocenters. The van der Waals surface area contributed by atoms with Gasteiger partial charge in [-0.3, -0.25) is 14.5 Å². The first kappa shape index (κ1) is 20.8. The van der Waals surface area contributed by atoms with Crippen molar-refractivity contribution in [2.45, 2.75) is 26.2 Å². The molecular weight excluding hydrogens is 371 g/mol. The quantitative estimate of drug-likeness (QED) is 0.617. The zero-order valence-corrected chi connectivity index (χ0v) is 17.5. The average molecular weight is 401 g/mol. The fourth-order valence-electron chi connectivity index (χ4n) is 3.37. The SMILES string of the molecule is CCNC(=NCC(C)(C)c1ccc(F)cc1)N1CCN(c2cnn(C)c2)C(=O)C1. The number of hydrogen-bond acceptors (Lipinski definition) is 3. The normalized spacial score (nSPS) is 15.8. The lowest BCUT2D eigenvalue weighted by Crippen LogP contribution is -2.55. The first-order chi connectivity index (χ1) is 13.8. The van der Waals surface area contributed by atoms with E-state index in [1.165, 1.54) is 12.1 Å². The maximum atomic E-state index is 13.2. The van der Waals surface area contributed by atoms with Crippen LogP contribution in [0.2, 0.25) is 0 Å². The Hall–Kier alpha value is -2.90. The van der Waals surface area contributed by atoms with Crippen LogP contribution in [-0.4, -0.2) is 59.3 Å². The van der Waals surface area contributed by atoms with Crippen LogP contribution in [0.15, 0.2) is 41.7 Å². The van der Waals surface area contributed by atoms with Gasteiger partial charge in [0.2, 0.25) is 5.91 Å². The van der Waals surface area contributed by atoms with Gasteiger partial charge >= 0.3 is 0 Å². The standard InChI is InChI=1S/C21H29FN6O/c1-5-23-20(24-15-21(2,3)16-6-8-17(22)9-7-16)27-10-11-28(19(29)14-27)18-12-25-26(4)13-18/h6-9,12-13H,5,10-11,14-15H2,1-4H3,(H,23,24). The lowest BCUT2D eigenvalue weighted by molar-refractivity contribution is -0.120. The topological polar surface area (TPSA) is 65.8 Å². The maximum absolute atomic E-state index is 13.2. The first-order valence-electron chi connectivity index (χ1n) is 9.88. The molecule has 0 atom stereocenters. The number of carbonyl (C=O) groups excluding carboxylic acids is 1. The highest BCUT2D eigenvalue weighted by Crippen LogP contribution is 2.24. The van der Waals surface area contributed by atoms with E-state index >= 15 is 0 Å². The van der Waals surface area contributed by atoms with Gasteiger partial charge in [0, 0.05) is 38.3 Å². The van der Waals surface area contributed by atoms with Crippen molar-refractivity contribution in [2.24, 2.45) is 12.0 Å². The molecular formula is C21H29FN6O. The molecule has 0 aliphatic carbocycles. The van der Waals surface area contributed by atoms with Crippen molar-refractivity contribution in [2.75, 3.05) is 37.6 Å². The van der Waals surface area contributed by atoms with Crippen molar-refractivity contribution in [3.05, 3.63) is 48.0 Å². The largest absolute Gasteiger partial charge is 0.357 e. The molecule has 0 saturated carbocycles. The van der Waals surface area contributed by atoms with E-state index in [1.807, 2.05) is 25.1 Å². The highest BCUT2D eigenvalue weighted by molar-refractivity contribution is 5.98. The van der Waals surface area contributed by atoms with Crippen LogP contribution in [-0.2, 0) is 17.3 Å². The average Bonchev–Trinajstić information content (AvgIpc) is 3.11. The summed E-state index contributed by atoms with van der Waals surface area (Å²) in [6.07, 6.45) is 3.55. The molecule has 29 heavy (non-hydrogen) atoms. The molecule has 1 aliphatic heterocycles. The molecule has 1 aromatic heterocycles. The van der Waals surface area contributed by atoms with Gasteiger partial charge in [-0.2, -0.15) is 5.10 Å². The molecule has 1 N–H and O–H groups in total. The number of halogens is 1. The van der Waals surface area contributed by atoms with E-state index in [2.05, 4.69) is 24.3 Å². The maximum Gasteiger partial charge on any atom is 0.246 e. The molecule has 8 heteroatoms. The summed E-state index contributed by atoms with van der Waals surface area (Å²) in [5, 5.41) is 7.44. The lowest BCUT2D eigenvalue weighted by atomic mass is 9.85. The molecule has 2 aromatic rings. The number of amides is 1. The Morgan fingerprint density at radius 3 is 2.59 bits per heavy atom. The fraction of sp³-hybridized carbons (Fsp3) is 0.476. The zero-order chi connectivity index (χ0) is 21.0. The number of nitrogens with one attached hydrogen (secondary N) is 1. The van der Waals surface area contributed by atoms with Gasteiger partial charge in [-0.1, -0.05) is 26.0 Å². The number of nitrogens with zero attached hydrogens (tertiary/aromatic N) is 5.